The van der Waals surface area contributed by atoms with Crippen molar-refractivity contribution in [3.63, 3.8) is 0 Å². The molecule has 0 saturated carbocycles. The Hall–Kier alpha value is -2.29. The number of hydrogen-bond acceptors (Lipinski definition) is 1. The van der Waals surface area contributed by atoms with Crippen molar-refractivity contribution in [3.8, 4) is 0 Å². The Balaban J connectivity index is 2.62. The van der Waals surface area contributed by atoms with Gasteiger partial charge in [0, 0.05) is 10.8 Å². The summed E-state index contributed by atoms with van der Waals surface area (Å²) in [5.41, 5.74) is -0.357. The van der Waals surface area contributed by atoms with Gasteiger partial charge in [-0.25, -0.2) is 8.78 Å². The summed E-state index contributed by atoms with van der Waals surface area (Å²) in [5, 5.41) is 1.79. The van der Waals surface area contributed by atoms with Crippen LogP contribution in [0.2, 0.25) is 0 Å². The fraction of sp³-hybridized carbons (Fsp3) is 0. The monoisotopic (exact) mass is 242 g/mol. The van der Waals surface area contributed by atoms with E-state index in [1.807, 2.05) is 0 Å². The third-order valence-corrected chi connectivity index (χ3v) is 2.96. The second-order valence-electron chi connectivity index (χ2n) is 4.13. The minimum atomic E-state index is -0.477. The van der Waals surface area contributed by atoms with Crippen LogP contribution in [0.15, 0.2) is 53.3 Å². The van der Waals surface area contributed by atoms with Crippen molar-refractivity contribution in [2.45, 2.75) is 0 Å². The molecule has 18 heavy (non-hydrogen) atoms. The van der Waals surface area contributed by atoms with Gasteiger partial charge in [0.25, 0.3) is 0 Å². The van der Waals surface area contributed by atoms with E-state index in [2.05, 4.69) is 0 Å². The maximum Gasteiger partial charge on any atom is 0.194 e. The fourth-order valence-electron chi connectivity index (χ4n) is 2.07. The first-order chi connectivity index (χ1) is 8.65. The SMILES string of the molecule is O=c1c2cc(F)ccc2ccc2ccc(F)cc12. The number of benzene rings is 2. The number of rotatable bonds is 0. The van der Waals surface area contributed by atoms with Gasteiger partial charge in [0.05, 0.1) is 0 Å². The van der Waals surface area contributed by atoms with E-state index in [-0.39, 0.29) is 16.2 Å². The summed E-state index contributed by atoms with van der Waals surface area (Å²) in [5.74, 6) is -0.953. The van der Waals surface area contributed by atoms with E-state index in [9.17, 15) is 13.6 Å². The number of halogens is 2. The Morgan fingerprint density at radius 2 is 1.06 bits per heavy atom. The van der Waals surface area contributed by atoms with Gasteiger partial charge in [0.2, 0.25) is 0 Å². The molecule has 0 atom stereocenters. The first-order valence-electron chi connectivity index (χ1n) is 5.47. The van der Waals surface area contributed by atoms with E-state index in [0.717, 1.165) is 0 Å². The third kappa shape index (κ3) is 1.64. The molecule has 3 heteroatoms. The van der Waals surface area contributed by atoms with Crippen molar-refractivity contribution in [1.82, 2.24) is 0 Å². The van der Waals surface area contributed by atoms with E-state index in [1.165, 1.54) is 24.3 Å². The largest absolute Gasteiger partial charge is 0.289 e. The summed E-state index contributed by atoms with van der Waals surface area (Å²) in [4.78, 5) is 12.3. The zero-order valence-electron chi connectivity index (χ0n) is 9.28. The lowest BCUT2D eigenvalue weighted by molar-refractivity contribution is 0.629. The maximum atomic E-state index is 13.2. The van der Waals surface area contributed by atoms with Crippen LogP contribution in [0.1, 0.15) is 0 Å². The second kappa shape index (κ2) is 3.88. The Bertz CT molecular complexity index is 758. The van der Waals surface area contributed by atoms with Gasteiger partial charge in [-0.3, -0.25) is 4.79 Å². The van der Waals surface area contributed by atoms with Gasteiger partial charge in [0.15, 0.2) is 5.43 Å². The molecule has 1 nitrogen and oxygen atoms in total. The molecule has 3 aromatic carbocycles. The lowest BCUT2D eigenvalue weighted by Gasteiger charge is -1.93. The summed E-state index contributed by atoms with van der Waals surface area (Å²) in [6, 6.07) is 11.5. The molecule has 0 radical (unpaired) electrons. The molecule has 0 fully saturated rings. The van der Waals surface area contributed by atoms with Crippen LogP contribution >= 0.6 is 0 Å². The van der Waals surface area contributed by atoms with Gasteiger partial charge in [-0.05, 0) is 35.0 Å². The van der Waals surface area contributed by atoms with Crippen LogP contribution in [0.25, 0.3) is 21.5 Å². The highest BCUT2D eigenvalue weighted by atomic mass is 19.1. The van der Waals surface area contributed by atoms with Crippen molar-refractivity contribution >= 4 is 21.5 Å². The van der Waals surface area contributed by atoms with Crippen molar-refractivity contribution in [3.05, 3.63) is 70.4 Å². The number of fused-ring (bicyclic) bond motifs is 2. The molecule has 0 N–H and O–H groups in total. The summed E-state index contributed by atoms with van der Waals surface area (Å²) >= 11 is 0. The highest BCUT2D eigenvalue weighted by Gasteiger charge is 2.04. The Morgan fingerprint density at radius 1 is 0.667 bits per heavy atom. The maximum absolute atomic E-state index is 13.2. The third-order valence-electron chi connectivity index (χ3n) is 2.96. The molecule has 3 rings (SSSR count). The molecule has 0 aliphatic heterocycles. The molecule has 0 amide bonds. The van der Waals surface area contributed by atoms with Gasteiger partial charge in [0.1, 0.15) is 11.6 Å². The van der Waals surface area contributed by atoms with E-state index >= 15 is 0 Å². The molecule has 0 spiro atoms. The Kier molecular flexibility index (Phi) is 2.33. The lowest BCUT2D eigenvalue weighted by atomic mass is 10.1. The van der Waals surface area contributed by atoms with Crippen LogP contribution in [0, 0.1) is 11.6 Å². The van der Waals surface area contributed by atoms with Crippen LogP contribution in [0.3, 0.4) is 0 Å². The molecule has 0 heterocycles. The van der Waals surface area contributed by atoms with E-state index in [0.29, 0.717) is 10.8 Å². The van der Waals surface area contributed by atoms with Crippen LogP contribution in [0.5, 0.6) is 0 Å². The van der Waals surface area contributed by atoms with E-state index < -0.39 is 11.6 Å². The molecule has 88 valence electrons. The van der Waals surface area contributed by atoms with Gasteiger partial charge in [-0.15, -0.1) is 0 Å². The highest BCUT2D eigenvalue weighted by Crippen LogP contribution is 2.17. The smallest absolute Gasteiger partial charge is 0.194 e. The summed E-state index contributed by atoms with van der Waals surface area (Å²) in [7, 11) is 0. The normalized spacial score (nSPS) is 11.0. The second-order valence-corrected chi connectivity index (χ2v) is 4.13. The van der Waals surface area contributed by atoms with Crippen molar-refractivity contribution in [2.24, 2.45) is 0 Å². The summed E-state index contributed by atoms with van der Waals surface area (Å²) in [6.07, 6.45) is 0. The van der Waals surface area contributed by atoms with E-state index in [1.54, 1.807) is 24.3 Å². The minimum absolute atomic E-state index is 0.260. The van der Waals surface area contributed by atoms with Crippen LogP contribution < -0.4 is 5.43 Å². The Labute approximate surface area is 101 Å². The quantitative estimate of drug-likeness (QED) is 0.588. The van der Waals surface area contributed by atoms with Gasteiger partial charge < -0.3 is 0 Å². The van der Waals surface area contributed by atoms with Crippen LogP contribution in [-0.4, -0.2) is 0 Å². The predicted molar refractivity (Wildman–Crippen MR) is 67.6 cm³/mol. The minimum Gasteiger partial charge on any atom is -0.289 e. The average molecular weight is 242 g/mol. The lowest BCUT2D eigenvalue weighted by Crippen LogP contribution is -1.99. The molecule has 0 aliphatic rings. The standard InChI is InChI=1S/C15H8F2O/c16-11-5-3-9-1-2-10-4-6-12(17)8-14(10)15(18)13(9)7-11/h1-8H. The summed E-state index contributed by atoms with van der Waals surface area (Å²) < 4.78 is 26.4. The van der Waals surface area contributed by atoms with Crippen molar-refractivity contribution in [1.29, 1.82) is 0 Å². The molecule has 0 unspecified atom stereocenters. The number of hydrogen-bond donors (Lipinski definition) is 0. The molecular weight excluding hydrogens is 234 g/mol. The first kappa shape index (κ1) is 10.8. The molecule has 0 bridgehead atoms. The Morgan fingerprint density at radius 3 is 1.50 bits per heavy atom. The summed E-state index contributed by atoms with van der Waals surface area (Å²) in [6.45, 7) is 0. The van der Waals surface area contributed by atoms with Gasteiger partial charge in [-0.1, -0.05) is 24.3 Å². The highest BCUT2D eigenvalue weighted by molar-refractivity contribution is 5.93. The molecule has 3 aromatic rings. The molecule has 0 aromatic heterocycles. The van der Waals surface area contributed by atoms with Crippen LogP contribution in [-0.2, 0) is 0 Å². The zero-order chi connectivity index (χ0) is 12.7. The van der Waals surface area contributed by atoms with Crippen molar-refractivity contribution < 1.29 is 8.78 Å². The molecular formula is C15H8F2O. The van der Waals surface area contributed by atoms with Crippen molar-refractivity contribution in [2.75, 3.05) is 0 Å². The first-order valence-corrected chi connectivity index (χ1v) is 5.47. The average Bonchev–Trinajstić information content (AvgIpc) is 2.49. The van der Waals surface area contributed by atoms with Gasteiger partial charge in [-0.2, -0.15) is 0 Å². The zero-order valence-corrected chi connectivity index (χ0v) is 9.28. The van der Waals surface area contributed by atoms with E-state index in [4.69, 9.17) is 0 Å². The van der Waals surface area contributed by atoms with Crippen LogP contribution in [0.4, 0.5) is 8.78 Å². The fourth-order valence-corrected chi connectivity index (χ4v) is 2.07. The topological polar surface area (TPSA) is 17.1 Å². The predicted octanol–water partition coefficient (Wildman–Crippen LogP) is 3.63. The van der Waals surface area contributed by atoms with Gasteiger partial charge >= 0.3 is 0 Å². The molecule has 0 aliphatic carbocycles. The molecule has 0 saturated heterocycles.